The lowest BCUT2D eigenvalue weighted by molar-refractivity contribution is 0.102. The molecule has 4 rings (SSSR count). The van der Waals surface area contributed by atoms with Crippen LogP contribution < -0.4 is 14.8 Å². The molecule has 0 fully saturated rings. The van der Waals surface area contributed by atoms with Gasteiger partial charge in [0.1, 0.15) is 19.5 Å². The number of ether oxygens (including phenoxy) is 2. The zero-order chi connectivity index (χ0) is 18.1. The van der Waals surface area contributed by atoms with Gasteiger partial charge in [0.2, 0.25) is 0 Å². The molecule has 2 aromatic carbocycles. The number of benzene rings is 2. The first-order valence-corrected chi connectivity index (χ1v) is 8.24. The Kier molecular flexibility index (Phi) is 4.18. The second-order valence-corrected chi connectivity index (χ2v) is 6.10. The van der Waals surface area contributed by atoms with Crippen molar-refractivity contribution >= 4 is 23.2 Å². The molecule has 132 valence electrons. The van der Waals surface area contributed by atoms with E-state index < -0.39 is 0 Å². The topological polar surface area (TPSA) is 91.2 Å². The van der Waals surface area contributed by atoms with Gasteiger partial charge in [-0.25, -0.2) is 4.68 Å². The lowest BCUT2D eigenvalue weighted by atomic mass is 10.1. The molecule has 2 heterocycles. The van der Waals surface area contributed by atoms with E-state index in [2.05, 4.69) is 20.8 Å². The molecule has 1 aliphatic heterocycles. The van der Waals surface area contributed by atoms with Crippen LogP contribution >= 0.6 is 11.6 Å². The van der Waals surface area contributed by atoms with E-state index in [0.717, 1.165) is 11.3 Å². The minimum Gasteiger partial charge on any atom is -0.486 e. The highest BCUT2D eigenvalue weighted by Crippen LogP contribution is 2.38. The average molecular weight is 372 g/mol. The number of halogens is 1. The maximum absolute atomic E-state index is 12.6. The van der Waals surface area contributed by atoms with Gasteiger partial charge in [0.15, 0.2) is 11.5 Å². The lowest BCUT2D eigenvalue weighted by Gasteiger charge is -2.20. The summed E-state index contributed by atoms with van der Waals surface area (Å²) in [7, 11) is 0. The summed E-state index contributed by atoms with van der Waals surface area (Å²) in [5.74, 6) is 0.647. The smallest absolute Gasteiger partial charge is 0.255 e. The third-order valence-electron chi connectivity index (χ3n) is 3.91. The van der Waals surface area contributed by atoms with Gasteiger partial charge in [-0.1, -0.05) is 11.6 Å². The van der Waals surface area contributed by atoms with Crippen molar-refractivity contribution in [3.63, 3.8) is 0 Å². The summed E-state index contributed by atoms with van der Waals surface area (Å²) in [5, 5.41) is 14.3. The summed E-state index contributed by atoms with van der Waals surface area (Å²) < 4.78 is 12.5. The van der Waals surface area contributed by atoms with Crippen LogP contribution in [0.4, 0.5) is 5.69 Å². The SMILES string of the molecule is Cc1cc(NC(=O)c2cc(Cl)c3c(c2)OCCO3)ccc1-n1cnnn1. The third-order valence-corrected chi connectivity index (χ3v) is 4.19. The number of aryl methyl sites for hydroxylation is 1. The summed E-state index contributed by atoms with van der Waals surface area (Å²) in [4.78, 5) is 12.6. The fourth-order valence-corrected chi connectivity index (χ4v) is 2.97. The van der Waals surface area contributed by atoms with Crippen LogP contribution in [0.2, 0.25) is 5.02 Å². The van der Waals surface area contributed by atoms with E-state index >= 15 is 0 Å². The fraction of sp³-hybridized carbons (Fsp3) is 0.176. The van der Waals surface area contributed by atoms with Gasteiger partial charge in [-0.3, -0.25) is 4.79 Å². The van der Waals surface area contributed by atoms with Gasteiger partial charge in [-0.2, -0.15) is 0 Å². The molecule has 1 N–H and O–H groups in total. The first kappa shape index (κ1) is 16.3. The molecule has 0 saturated carbocycles. The quantitative estimate of drug-likeness (QED) is 0.761. The van der Waals surface area contributed by atoms with Crippen molar-refractivity contribution in [1.82, 2.24) is 20.2 Å². The normalized spacial score (nSPS) is 12.7. The summed E-state index contributed by atoms with van der Waals surface area (Å²) in [5.41, 5.74) is 2.78. The molecule has 0 unspecified atom stereocenters. The van der Waals surface area contributed by atoms with Crippen LogP contribution in [0.3, 0.4) is 0 Å². The number of carbonyl (C=O) groups is 1. The zero-order valence-electron chi connectivity index (χ0n) is 13.8. The number of nitrogens with zero attached hydrogens (tertiary/aromatic N) is 4. The van der Waals surface area contributed by atoms with E-state index in [-0.39, 0.29) is 5.91 Å². The molecule has 1 aromatic heterocycles. The summed E-state index contributed by atoms with van der Waals surface area (Å²) in [6.45, 7) is 2.77. The maximum Gasteiger partial charge on any atom is 0.255 e. The van der Waals surface area contributed by atoms with Crippen molar-refractivity contribution in [2.24, 2.45) is 0 Å². The number of anilines is 1. The Morgan fingerprint density at radius 2 is 2.08 bits per heavy atom. The number of aromatic nitrogens is 4. The second kappa shape index (κ2) is 6.64. The highest BCUT2D eigenvalue weighted by atomic mass is 35.5. The van der Waals surface area contributed by atoms with Crippen molar-refractivity contribution in [1.29, 1.82) is 0 Å². The van der Waals surface area contributed by atoms with Crippen molar-refractivity contribution in [2.75, 3.05) is 18.5 Å². The first-order valence-electron chi connectivity index (χ1n) is 7.86. The van der Waals surface area contributed by atoms with Gasteiger partial charge in [-0.05, 0) is 53.2 Å². The van der Waals surface area contributed by atoms with Gasteiger partial charge < -0.3 is 14.8 Å². The predicted molar refractivity (Wildman–Crippen MR) is 94.3 cm³/mol. The molecule has 26 heavy (non-hydrogen) atoms. The van der Waals surface area contributed by atoms with Gasteiger partial charge in [0.25, 0.3) is 5.91 Å². The van der Waals surface area contributed by atoms with Crippen LogP contribution in [0.1, 0.15) is 15.9 Å². The summed E-state index contributed by atoms with van der Waals surface area (Å²) >= 11 is 6.19. The van der Waals surface area contributed by atoms with Crippen LogP contribution in [-0.4, -0.2) is 39.3 Å². The third kappa shape index (κ3) is 3.06. The molecule has 0 spiro atoms. The average Bonchev–Trinajstić information content (AvgIpc) is 3.16. The number of nitrogens with one attached hydrogen (secondary N) is 1. The fourth-order valence-electron chi connectivity index (χ4n) is 2.71. The number of hydrogen-bond donors (Lipinski definition) is 1. The number of rotatable bonds is 3. The number of fused-ring (bicyclic) bond motifs is 1. The molecule has 8 nitrogen and oxygen atoms in total. The van der Waals surface area contributed by atoms with Gasteiger partial charge in [-0.15, -0.1) is 5.10 Å². The standard InChI is InChI=1S/C17H14ClN5O3/c1-10-6-12(2-3-14(10)23-9-19-21-22-23)20-17(24)11-7-13(18)16-15(8-11)25-4-5-26-16/h2-3,6-9H,4-5H2,1H3,(H,20,24). The largest absolute Gasteiger partial charge is 0.486 e. The first-order chi connectivity index (χ1) is 12.6. The highest BCUT2D eigenvalue weighted by Gasteiger charge is 2.19. The van der Waals surface area contributed by atoms with Crippen LogP contribution in [-0.2, 0) is 0 Å². The molecule has 1 amide bonds. The Morgan fingerprint density at radius 3 is 2.85 bits per heavy atom. The Labute approximate surface area is 153 Å². The molecule has 3 aromatic rings. The van der Waals surface area contributed by atoms with E-state index in [1.165, 1.54) is 6.33 Å². The molecule has 9 heteroatoms. The van der Waals surface area contributed by atoms with Gasteiger partial charge in [0, 0.05) is 11.3 Å². The van der Waals surface area contributed by atoms with Crippen LogP contribution in [0.25, 0.3) is 5.69 Å². The molecule has 1 aliphatic rings. The van der Waals surface area contributed by atoms with Crippen molar-refractivity contribution < 1.29 is 14.3 Å². The summed E-state index contributed by atoms with van der Waals surface area (Å²) in [6, 6.07) is 8.64. The van der Waals surface area contributed by atoms with Gasteiger partial charge >= 0.3 is 0 Å². The van der Waals surface area contributed by atoms with Crippen LogP contribution in [0, 0.1) is 6.92 Å². The number of amides is 1. The molecule has 0 aliphatic carbocycles. The van der Waals surface area contributed by atoms with Crippen molar-refractivity contribution in [2.45, 2.75) is 6.92 Å². The Bertz CT molecular complexity index is 975. The Morgan fingerprint density at radius 1 is 1.23 bits per heavy atom. The predicted octanol–water partition coefficient (Wildman–Crippen LogP) is 2.65. The molecular weight excluding hydrogens is 358 g/mol. The highest BCUT2D eigenvalue weighted by molar-refractivity contribution is 6.32. The molecule has 0 saturated heterocycles. The molecular formula is C17H14ClN5O3. The van der Waals surface area contributed by atoms with E-state index in [0.29, 0.717) is 41.0 Å². The van der Waals surface area contributed by atoms with Crippen molar-refractivity contribution in [3.8, 4) is 17.2 Å². The van der Waals surface area contributed by atoms with Crippen LogP contribution in [0.5, 0.6) is 11.5 Å². The van der Waals surface area contributed by atoms with Crippen molar-refractivity contribution in [3.05, 3.63) is 52.8 Å². The molecule has 0 radical (unpaired) electrons. The molecule has 0 bridgehead atoms. The lowest BCUT2D eigenvalue weighted by Crippen LogP contribution is -2.17. The minimum atomic E-state index is -0.293. The van der Waals surface area contributed by atoms with Crippen LogP contribution in [0.15, 0.2) is 36.7 Å². The maximum atomic E-state index is 12.6. The molecule has 0 atom stereocenters. The Balaban J connectivity index is 1.57. The number of carbonyl (C=O) groups excluding carboxylic acids is 1. The summed E-state index contributed by atoms with van der Waals surface area (Å²) in [6.07, 6.45) is 1.51. The van der Waals surface area contributed by atoms with Gasteiger partial charge in [0.05, 0.1) is 10.7 Å². The Hall–Kier alpha value is -3.13. The number of tetrazole rings is 1. The van der Waals surface area contributed by atoms with E-state index in [9.17, 15) is 4.79 Å². The number of hydrogen-bond acceptors (Lipinski definition) is 6. The van der Waals surface area contributed by atoms with E-state index in [1.54, 1.807) is 22.9 Å². The minimum absolute atomic E-state index is 0.293. The zero-order valence-corrected chi connectivity index (χ0v) is 14.5. The van der Waals surface area contributed by atoms with E-state index in [4.69, 9.17) is 21.1 Å². The second-order valence-electron chi connectivity index (χ2n) is 5.69. The van der Waals surface area contributed by atoms with E-state index in [1.807, 2.05) is 19.1 Å². The monoisotopic (exact) mass is 371 g/mol.